The summed E-state index contributed by atoms with van der Waals surface area (Å²) in [5, 5.41) is 0. The molecule has 0 aromatic heterocycles. The molecule has 2 atom stereocenters. The fraction of sp³-hybridized carbons (Fsp3) is 0.562. The highest BCUT2D eigenvalue weighted by Gasteiger charge is 2.39. The average Bonchev–Trinajstić information content (AvgIpc) is 2.69. The monoisotopic (exact) mass is 276 g/mol. The predicted molar refractivity (Wildman–Crippen MR) is 79.1 cm³/mol. The highest BCUT2D eigenvalue weighted by molar-refractivity contribution is 5.77. The van der Waals surface area contributed by atoms with Crippen LogP contribution in [0.4, 0.5) is 0 Å². The zero-order valence-electron chi connectivity index (χ0n) is 12.5. The van der Waals surface area contributed by atoms with Gasteiger partial charge in [-0.25, -0.2) is 0 Å². The van der Waals surface area contributed by atoms with Crippen molar-refractivity contribution >= 4 is 5.97 Å². The summed E-state index contributed by atoms with van der Waals surface area (Å²) in [6.45, 7) is 7.21. The van der Waals surface area contributed by atoms with Crippen molar-refractivity contribution in [3.05, 3.63) is 35.9 Å². The second-order valence-electron chi connectivity index (χ2n) is 6.39. The summed E-state index contributed by atoms with van der Waals surface area (Å²) >= 11 is 0. The number of carbonyl (C=O) groups excluding carboxylic acids is 1. The van der Waals surface area contributed by atoms with E-state index in [-0.39, 0.29) is 18.1 Å². The SMILES string of the molecule is CC(C)(C)OC(=O)C1C(N)CCN1Cc1ccccc1. The van der Waals surface area contributed by atoms with Crippen LogP contribution in [-0.2, 0) is 16.1 Å². The van der Waals surface area contributed by atoms with Gasteiger partial charge in [-0.3, -0.25) is 9.69 Å². The molecule has 0 spiro atoms. The van der Waals surface area contributed by atoms with E-state index in [1.165, 1.54) is 5.56 Å². The van der Waals surface area contributed by atoms with Gasteiger partial charge < -0.3 is 10.5 Å². The van der Waals surface area contributed by atoms with Crippen LogP contribution in [0.5, 0.6) is 0 Å². The van der Waals surface area contributed by atoms with E-state index >= 15 is 0 Å². The fourth-order valence-corrected chi connectivity index (χ4v) is 2.56. The van der Waals surface area contributed by atoms with Crippen molar-refractivity contribution in [2.24, 2.45) is 5.73 Å². The van der Waals surface area contributed by atoms with E-state index in [1.807, 2.05) is 39.0 Å². The summed E-state index contributed by atoms with van der Waals surface area (Å²) in [4.78, 5) is 14.4. The summed E-state index contributed by atoms with van der Waals surface area (Å²) < 4.78 is 5.50. The number of likely N-dealkylation sites (tertiary alicyclic amines) is 1. The van der Waals surface area contributed by atoms with Gasteiger partial charge in [0.05, 0.1) is 0 Å². The van der Waals surface area contributed by atoms with E-state index in [4.69, 9.17) is 10.5 Å². The van der Waals surface area contributed by atoms with Gasteiger partial charge in [-0.05, 0) is 32.8 Å². The highest BCUT2D eigenvalue weighted by atomic mass is 16.6. The standard InChI is InChI=1S/C16H24N2O2/c1-16(2,3)20-15(19)14-13(17)9-10-18(14)11-12-7-5-4-6-8-12/h4-8,13-14H,9-11,17H2,1-3H3. The lowest BCUT2D eigenvalue weighted by Gasteiger charge is -2.29. The van der Waals surface area contributed by atoms with Crippen molar-refractivity contribution in [3.8, 4) is 0 Å². The normalized spacial score (nSPS) is 23.8. The Kier molecular flexibility index (Phi) is 4.45. The molecule has 1 heterocycles. The van der Waals surface area contributed by atoms with Crippen LogP contribution in [0.2, 0.25) is 0 Å². The molecule has 0 aliphatic carbocycles. The van der Waals surface area contributed by atoms with Crippen LogP contribution in [0.25, 0.3) is 0 Å². The maximum atomic E-state index is 12.3. The Morgan fingerprint density at radius 2 is 2.00 bits per heavy atom. The molecule has 2 N–H and O–H groups in total. The molecule has 2 rings (SSSR count). The van der Waals surface area contributed by atoms with E-state index in [0.717, 1.165) is 19.5 Å². The first-order chi connectivity index (χ1) is 9.37. The molecule has 1 aromatic rings. The van der Waals surface area contributed by atoms with Crippen molar-refractivity contribution < 1.29 is 9.53 Å². The maximum absolute atomic E-state index is 12.3. The Balaban J connectivity index is 2.07. The first-order valence-electron chi connectivity index (χ1n) is 7.13. The van der Waals surface area contributed by atoms with E-state index in [2.05, 4.69) is 17.0 Å². The lowest BCUT2D eigenvalue weighted by atomic mass is 10.1. The molecule has 0 amide bonds. The summed E-state index contributed by atoms with van der Waals surface area (Å²) in [6.07, 6.45) is 0.830. The number of hydrogen-bond donors (Lipinski definition) is 1. The second kappa shape index (κ2) is 5.94. The van der Waals surface area contributed by atoms with Gasteiger partial charge in [-0.1, -0.05) is 30.3 Å². The molecule has 20 heavy (non-hydrogen) atoms. The Hall–Kier alpha value is -1.39. The molecule has 0 bridgehead atoms. The molecule has 2 unspecified atom stereocenters. The van der Waals surface area contributed by atoms with Gasteiger partial charge in [0, 0.05) is 19.1 Å². The van der Waals surface area contributed by atoms with Crippen molar-refractivity contribution in [1.82, 2.24) is 4.90 Å². The second-order valence-corrected chi connectivity index (χ2v) is 6.39. The quantitative estimate of drug-likeness (QED) is 0.857. The largest absolute Gasteiger partial charge is 0.459 e. The number of hydrogen-bond acceptors (Lipinski definition) is 4. The number of nitrogens with zero attached hydrogens (tertiary/aromatic N) is 1. The van der Waals surface area contributed by atoms with E-state index in [0.29, 0.717) is 0 Å². The van der Waals surface area contributed by atoms with Crippen molar-refractivity contribution in [2.45, 2.75) is 51.4 Å². The van der Waals surface area contributed by atoms with E-state index in [1.54, 1.807) is 0 Å². The molecule has 0 saturated carbocycles. The Morgan fingerprint density at radius 3 is 2.60 bits per heavy atom. The fourth-order valence-electron chi connectivity index (χ4n) is 2.56. The van der Waals surface area contributed by atoms with Crippen molar-refractivity contribution in [2.75, 3.05) is 6.54 Å². The minimum absolute atomic E-state index is 0.145. The van der Waals surface area contributed by atoms with Gasteiger partial charge in [0.1, 0.15) is 11.6 Å². The molecule has 1 aliphatic rings. The lowest BCUT2D eigenvalue weighted by Crippen LogP contribution is -2.47. The molecule has 1 aliphatic heterocycles. The van der Waals surface area contributed by atoms with Crippen LogP contribution in [0.15, 0.2) is 30.3 Å². The maximum Gasteiger partial charge on any atom is 0.325 e. The number of esters is 1. The molecular formula is C16H24N2O2. The summed E-state index contributed by atoms with van der Waals surface area (Å²) in [6, 6.07) is 9.65. The molecule has 1 saturated heterocycles. The van der Waals surface area contributed by atoms with Gasteiger partial charge in [0.2, 0.25) is 0 Å². The van der Waals surface area contributed by atoms with Gasteiger partial charge in [-0.15, -0.1) is 0 Å². The van der Waals surface area contributed by atoms with Gasteiger partial charge in [-0.2, -0.15) is 0 Å². The smallest absolute Gasteiger partial charge is 0.325 e. The third-order valence-corrected chi connectivity index (χ3v) is 3.43. The van der Waals surface area contributed by atoms with Crippen LogP contribution in [0.1, 0.15) is 32.8 Å². The topological polar surface area (TPSA) is 55.6 Å². The third kappa shape index (κ3) is 3.81. The van der Waals surface area contributed by atoms with Crippen molar-refractivity contribution in [1.29, 1.82) is 0 Å². The summed E-state index contributed by atoms with van der Waals surface area (Å²) in [7, 11) is 0. The van der Waals surface area contributed by atoms with Gasteiger partial charge >= 0.3 is 5.97 Å². The zero-order valence-corrected chi connectivity index (χ0v) is 12.5. The summed E-state index contributed by atoms with van der Waals surface area (Å²) in [5.41, 5.74) is 6.82. The number of ether oxygens (including phenoxy) is 1. The number of nitrogens with two attached hydrogens (primary N) is 1. The Morgan fingerprint density at radius 1 is 1.35 bits per heavy atom. The molecule has 4 nitrogen and oxygen atoms in total. The van der Waals surface area contributed by atoms with Crippen molar-refractivity contribution in [3.63, 3.8) is 0 Å². The number of carbonyl (C=O) groups is 1. The van der Waals surface area contributed by atoms with Crippen LogP contribution in [-0.4, -0.2) is 35.1 Å². The van der Waals surface area contributed by atoms with Gasteiger partial charge in [0.25, 0.3) is 0 Å². The first kappa shape index (κ1) is 15.0. The zero-order chi connectivity index (χ0) is 14.8. The third-order valence-electron chi connectivity index (χ3n) is 3.43. The molecule has 110 valence electrons. The minimum Gasteiger partial charge on any atom is -0.459 e. The Labute approximate surface area is 120 Å². The molecular weight excluding hydrogens is 252 g/mol. The first-order valence-corrected chi connectivity index (χ1v) is 7.13. The van der Waals surface area contributed by atoms with E-state index < -0.39 is 5.60 Å². The molecule has 1 aromatic carbocycles. The Bertz CT molecular complexity index is 453. The predicted octanol–water partition coefficient (Wildman–Crippen LogP) is 1.93. The summed E-state index contributed by atoms with van der Waals surface area (Å²) in [5.74, 6) is -0.210. The molecule has 0 radical (unpaired) electrons. The van der Waals surface area contributed by atoms with E-state index in [9.17, 15) is 4.79 Å². The van der Waals surface area contributed by atoms with Crippen LogP contribution in [0.3, 0.4) is 0 Å². The number of benzene rings is 1. The van der Waals surface area contributed by atoms with Crippen LogP contribution < -0.4 is 5.73 Å². The minimum atomic E-state index is -0.474. The lowest BCUT2D eigenvalue weighted by molar-refractivity contribution is -0.160. The van der Waals surface area contributed by atoms with Gasteiger partial charge in [0.15, 0.2) is 0 Å². The average molecular weight is 276 g/mol. The van der Waals surface area contributed by atoms with Crippen LogP contribution >= 0.6 is 0 Å². The molecule has 4 heteroatoms. The van der Waals surface area contributed by atoms with Crippen LogP contribution in [0, 0.1) is 0 Å². The highest BCUT2D eigenvalue weighted by Crippen LogP contribution is 2.22. The molecule has 1 fully saturated rings. The number of rotatable bonds is 3.